The topological polar surface area (TPSA) is 52.6 Å². The van der Waals surface area contributed by atoms with Crippen LogP contribution < -0.4 is 9.47 Å². The van der Waals surface area contributed by atoms with Crippen molar-refractivity contribution in [3.8, 4) is 11.5 Å². The summed E-state index contributed by atoms with van der Waals surface area (Å²) < 4.78 is 33.1. The van der Waals surface area contributed by atoms with Gasteiger partial charge < -0.3 is 9.47 Å². The van der Waals surface area contributed by atoms with Gasteiger partial charge in [-0.05, 0) is 31.0 Å². The molecule has 2 rings (SSSR count). The van der Waals surface area contributed by atoms with Crippen LogP contribution in [0.3, 0.4) is 0 Å². The van der Waals surface area contributed by atoms with Crippen molar-refractivity contribution in [3.63, 3.8) is 0 Å². The van der Waals surface area contributed by atoms with Crippen LogP contribution in [0.1, 0.15) is 12.5 Å². The minimum absolute atomic E-state index is 0.364. The van der Waals surface area contributed by atoms with Crippen LogP contribution in [0.15, 0.2) is 18.2 Å². The van der Waals surface area contributed by atoms with Crippen molar-refractivity contribution in [2.24, 2.45) is 0 Å². The highest BCUT2D eigenvalue weighted by atomic mass is 35.7. The zero-order chi connectivity index (χ0) is 12.5. The second-order valence-corrected chi connectivity index (χ2v) is 7.01. The van der Waals surface area contributed by atoms with E-state index in [1.165, 1.54) is 0 Å². The molecule has 1 aromatic rings. The summed E-state index contributed by atoms with van der Waals surface area (Å²) >= 11 is 0. The zero-order valence-electron chi connectivity index (χ0n) is 9.35. The lowest BCUT2D eigenvalue weighted by molar-refractivity contribution is 0.171. The summed E-state index contributed by atoms with van der Waals surface area (Å²) in [7, 11) is 1.77. The molecular formula is C11H13ClO4S. The summed E-state index contributed by atoms with van der Waals surface area (Å²) in [5.74, 6) is 1.36. The SMILES string of the molecule is CC(Cc1ccc2c(c1)OCCO2)S(=O)(=O)Cl. The first-order valence-electron chi connectivity index (χ1n) is 5.29. The van der Waals surface area contributed by atoms with Gasteiger partial charge in [-0.2, -0.15) is 0 Å². The monoisotopic (exact) mass is 276 g/mol. The number of rotatable bonds is 3. The normalized spacial score (nSPS) is 16.6. The van der Waals surface area contributed by atoms with E-state index in [0.29, 0.717) is 31.1 Å². The molecule has 0 N–H and O–H groups in total. The third-order valence-corrected chi connectivity index (χ3v) is 4.65. The van der Waals surface area contributed by atoms with Crippen molar-refractivity contribution in [2.75, 3.05) is 13.2 Å². The summed E-state index contributed by atoms with van der Waals surface area (Å²) in [6.45, 7) is 2.64. The Hall–Kier alpha value is -0.940. The lowest BCUT2D eigenvalue weighted by atomic mass is 10.1. The molecule has 0 spiro atoms. The van der Waals surface area contributed by atoms with Gasteiger partial charge in [-0.25, -0.2) is 8.42 Å². The number of halogens is 1. The molecule has 0 fully saturated rings. The van der Waals surface area contributed by atoms with Gasteiger partial charge in [0, 0.05) is 10.7 Å². The maximum atomic E-state index is 11.1. The van der Waals surface area contributed by atoms with Crippen LogP contribution in [-0.2, 0) is 15.5 Å². The van der Waals surface area contributed by atoms with E-state index in [1.807, 2.05) is 6.07 Å². The molecule has 1 aliphatic rings. The van der Waals surface area contributed by atoms with Crippen LogP contribution in [-0.4, -0.2) is 26.9 Å². The molecular weight excluding hydrogens is 264 g/mol. The predicted molar refractivity (Wildman–Crippen MR) is 65.4 cm³/mol. The van der Waals surface area contributed by atoms with Gasteiger partial charge in [-0.3, -0.25) is 0 Å². The summed E-state index contributed by atoms with van der Waals surface area (Å²) in [6.07, 6.45) is 0.364. The fourth-order valence-corrected chi connectivity index (χ4v) is 2.23. The first-order valence-corrected chi connectivity index (χ1v) is 7.66. The fourth-order valence-electron chi connectivity index (χ4n) is 1.65. The molecule has 0 radical (unpaired) electrons. The Bertz CT molecular complexity index is 512. The summed E-state index contributed by atoms with van der Waals surface area (Å²) in [6, 6.07) is 5.41. The number of benzene rings is 1. The summed E-state index contributed by atoms with van der Waals surface area (Å²) in [5.41, 5.74) is 0.867. The smallest absolute Gasteiger partial charge is 0.235 e. The summed E-state index contributed by atoms with van der Waals surface area (Å²) in [4.78, 5) is 0. The Morgan fingerprint density at radius 1 is 1.29 bits per heavy atom. The van der Waals surface area contributed by atoms with Gasteiger partial charge in [0.15, 0.2) is 11.5 Å². The van der Waals surface area contributed by atoms with Crippen LogP contribution >= 0.6 is 10.7 Å². The van der Waals surface area contributed by atoms with Gasteiger partial charge in [0.1, 0.15) is 13.2 Å². The average Bonchev–Trinajstić information content (AvgIpc) is 2.27. The van der Waals surface area contributed by atoms with Crippen LogP contribution in [0.2, 0.25) is 0 Å². The predicted octanol–water partition coefficient (Wildman–Crippen LogP) is 1.96. The van der Waals surface area contributed by atoms with Crippen molar-refractivity contribution in [1.29, 1.82) is 0 Å². The van der Waals surface area contributed by atoms with Crippen molar-refractivity contribution in [3.05, 3.63) is 23.8 Å². The van der Waals surface area contributed by atoms with E-state index in [9.17, 15) is 8.42 Å². The minimum atomic E-state index is -3.52. The van der Waals surface area contributed by atoms with E-state index in [0.717, 1.165) is 5.56 Å². The Morgan fingerprint density at radius 2 is 1.94 bits per heavy atom. The van der Waals surface area contributed by atoms with Gasteiger partial charge in [-0.15, -0.1) is 0 Å². The van der Waals surface area contributed by atoms with Gasteiger partial charge in [-0.1, -0.05) is 6.07 Å². The third kappa shape index (κ3) is 3.04. The Morgan fingerprint density at radius 3 is 2.59 bits per heavy atom. The number of fused-ring (bicyclic) bond motifs is 1. The summed E-state index contributed by atoms with van der Waals surface area (Å²) in [5, 5.41) is -0.619. The Labute approximate surface area is 105 Å². The molecule has 1 aromatic carbocycles. The van der Waals surface area contributed by atoms with E-state index in [1.54, 1.807) is 19.1 Å². The van der Waals surface area contributed by atoms with Crippen molar-refractivity contribution < 1.29 is 17.9 Å². The molecule has 94 valence electrons. The molecule has 0 aliphatic carbocycles. The van der Waals surface area contributed by atoms with Crippen LogP contribution in [0.5, 0.6) is 11.5 Å². The Balaban J connectivity index is 2.18. The molecule has 4 nitrogen and oxygen atoms in total. The lowest BCUT2D eigenvalue weighted by Gasteiger charge is -2.19. The first kappa shape index (κ1) is 12.5. The average molecular weight is 277 g/mol. The van der Waals surface area contributed by atoms with Gasteiger partial charge in [0.25, 0.3) is 0 Å². The second-order valence-electron chi connectivity index (χ2n) is 3.97. The zero-order valence-corrected chi connectivity index (χ0v) is 10.9. The van der Waals surface area contributed by atoms with E-state index in [-0.39, 0.29) is 0 Å². The number of ether oxygens (including phenoxy) is 2. The highest BCUT2D eigenvalue weighted by molar-refractivity contribution is 8.14. The van der Waals surface area contributed by atoms with Gasteiger partial charge in [0.05, 0.1) is 5.25 Å². The van der Waals surface area contributed by atoms with Crippen molar-refractivity contribution in [2.45, 2.75) is 18.6 Å². The highest BCUT2D eigenvalue weighted by Crippen LogP contribution is 2.31. The molecule has 0 amide bonds. The van der Waals surface area contributed by atoms with E-state index < -0.39 is 14.3 Å². The maximum Gasteiger partial charge on any atom is 0.235 e. The van der Waals surface area contributed by atoms with Crippen LogP contribution in [0, 0.1) is 0 Å². The van der Waals surface area contributed by atoms with Gasteiger partial charge in [0.2, 0.25) is 9.05 Å². The second kappa shape index (κ2) is 4.74. The van der Waals surface area contributed by atoms with Crippen LogP contribution in [0.25, 0.3) is 0 Å². The molecule has 1 aliphatic heterocycles. The van der Waals surface area contributed by atoms with Gasteiger partial charge >= 0.3 is 0 Å². The van der Waals surface area contributed by atoms with Crippen molar-refractivity contribution >= 4 is 19.7 Å². The molecule has 1 unspecified atom stereocenters. The molecule has 0 saturated heterocycles. The molecule has 17 heavy (non-hydrogen) atoms. The van der Waals surface area contributed by atoms with E-state index in [2.05, 4.69) is 0 Å². The van der Waals surface area contributed by atoms with E-state index >= 15 is 0 Å². The molecule has 0 bridgehead atoms. The highest BCUT2D eigenvalue weighted by Gasteiger charge is 2.19. The maximum absolute atomic E-state index is 11.1. The minimum Gasteiger partial charge on any atom is -0.486 e. The molecule has 0 aromatic heterocycles. The van der Waals surface area contributed by atoms with Crippen LogP contribution in [0.4, 0.5) is 0 Å². The number of hydrogen-bond donors (Lipinski definition) is 0. The molecule has 1 heterocycles. The molecule has 1 atom stereocenters. The Kier molecular flexibility index (Phi) is 3.49. The lowest BCUT2D eigenvalue weighted by Crippen LogP contribution is -2.17. The quantitative estimate of drug-likeness (QED) is 0.792. The molecule has 6 heteroatoms. The fraction of sp³-hybridized carbons (Fsp3) is 0.455. The largest absolute Gasteiger partial charge is 0.486 e. The van der Waals surface area contributed by atoms with Crippen molar-refractivity contribution in [1.82, 2.24) is 0 Å². The number of hydrogen-bond acceptors (Lipinski definition) is 4. The standard InChI is InChI=1S/C11H13ClO4S/c1-8(17(12,13)14)6-9-2-3-10-11(7-9)16-5-4-15-10/h2-3,7-8H,4-6H2,1H3. The van der Waals surface area contributed by atoms with E-state index in [4.69, 9.17) is 20.2 Å². The molecule has 0 saturated carbocycles. The third-order valence-electron chi connectivity index (χ3n) is 2.61. The first-order chi connectivity index (χ1) is 7.97.